The van der Waals surface area contributed by atoms with Crippen molar-refractivity contribution in [1.82, 2.24) is 20.5 Å². The standard InChI is InChI=1S/C12H14N4O/c1-13-8-12-15-11(7-14-16-12)9-3-5-10(17-2)6-4-9/h3-7,13H,8H2,1-2H3. The van der Waals surface area contributed by atoms with E-state index in [1.807, 2.05) is 31.3 Å². The van der Waals surface area contributed by atoms with Crippen molar-refractivity contribution in [3.63, 3.8) is 0 Å². The Morgan fingerprint density at radius 2 is 2.00 bits per heavy atom. The lowest BCUT2D eigenvalue weighted by Gasteiger charge is -2.04. The molecule has 0 radical (unpaired) electrons. The normalized spacial score (nSPS) is 10.2. The van der Waals surface area contributed by atoms with Crippen molar-refractivity contribution in [3.05, 3.63) is 36.3 Å². The van der Waals surface area contributed by atoms with Crippen LogP contribution < -0.4 is 10.1 Å². The van der Waals surface area contributed by atoms with Gasteiger partial charge in [-0.1, -0.05) is 0 Å². The second-order valence-electron chi connectivity index (χ2n) is 3.52. The Labute approximate surface area is 99.9 Å². The lowest BCUT2D eigenvalue weighted by Crippen LogP contribution is -2.10. The molecule has 5 heteroatoms. The maximum atomic E-state index is 5.11. The Morgan fingerprint density at radius 3 is 2.65 bits per heavy atom. The minimum Gasteiger partial charge on any atom is -0.497 e. The van der Waals surface area contributed by atoms with Crippen molar-refractivity contribution in [2.24, 2.45) is 0 Å². The van der Waals surface area contributed by atoms with Crippen LogP contribution >= 0.6 is 0 Å². The predicted molar refractivity (Wildman–Crippen MR) is 64.6 cm³/mol. The summed E-state index contributed by atoms with van der Waals surface area (Å²) >= 11 is 0. The second kappa shape index (κ2) is 5.36. The van der Waals surface area contributed by atoms with Crippen LogP contribution in [-0.2, 0) is 6.54 Å². The number of rotatable bonds is 4. The Bertz CT molecular complexity index is 484. The van der Waals surface area contributed by atoms with Crippen molar-refractivity contribution in [2.45, 2.75) is 6.54 Å². The number of hydrogen-bond acceptors (Lipinski definition) is 5. The lowest BCUT2D eigenvalue weighted by molar-refractivity contribution is 0.415. The highest BCUT2D eigenvalue weighted by atomic mass is 16.5. The van der Waals surface area contributed by atoms with Crippen molar-refractivity contribution in [3.8, 4) is 17.0 Å². The van der Waals surface area contributed by atoms with Gasteiger partial charge in [0.05, 0.1) is 25.5 Å². The summed E-state index contributed by atoms with van der Waals surface area (Å²) in [5.41, 5.74) is 1.81. The summed E-state index contributed by atoms with van der Waals surface area (Å²) in [5, 5.41) is 10.9. The minimum absolute atomic E-state index is 0.608. The maximum Gasteiger partial charge on any atom is 0.165 e. The fourth-order valence-corrected chi connectivity index (χ4v) is 1.47. The molecule has 5 nitrogen and oxygen atoms in total. The van der Waals surface area contributed by atoms with E-state index in [1.54, 1.807) is 13.3 Å². The zero-order valence-electron chi connectivity index (χ0n) is 9.84. The van der Waals surface area contributed by atoms with Crippen molar-refractivity contribution >= 4 is 0 Å². The summed E-state index contributed by atoms with van der Waals surface area (Å²) in [6, 6.07) is 7.70. The molecule has 0 saturated heterocycles. The summed E-state index contributed by atoms with van der Waals surface area (Å²) < 4.78 is 5.11. The van der Waals surface area contributed by atoms with Gasteiger partial charge in [-0.3, -0.25) is 0 Å². The fourth-order valence-electron chi connectivity index (χ4n) is 1.47. The van der Waals surface area contributed by atoms with E-state index in [1.165, 1.54) is 0 Å². The summed E-state index contributed by atoms with van der Waals surface area (Å²) in [7, 11) is 3.50. The fraction of sp³-hybridized carbons (Fsp3) is 0.250. The van der Waals surface area contributed by atoms with Crippen LogP contribution in [0.4, 0.5) is 0 Å². The molecule has 17 heavy (non-hydrogen) atoms. The molecule has 0 saturated carbocycles. The first kappa shape index (κ1) is 11.5. The van der Waals surface area contributed by atoms with Crippen LogP contribution in [0.1, 0.15) is 5.82 Å². The third-order valence-corrected chi connectivity index (χ3v) is 2.32. The van der Waals surface area contributed by atoms with Gasteiger partial charge in [0, 0.05) is 5.56 Å². The van der Waals surface area contributed by atoms with Crippen LogP contribution in [0, 0.1) is 0 Å². The molecule has 2 rings (SSSR count). The van der Waals surface area contributed by atoms with Gasteiger partial charge in [-0.05, 0) is 31.3 Å². The molecule has 2 aromatic rings. The number of nitrogens with one attached hydrogen (secondary N) is 1. The van der Waals surface area contributed by atoms with E-state index in [0.717, 1.165) is 17.0 Å². The van der Waals surface area contributed by atoms with E-state index in [2.05, 4.69) is 20.5 Å². The van der Waals surface area contributed by atoms with Crippen molar-refractivity contribution in [1.29, 1.82) is 0 Å². The highest BCUT2D eigenvalue weighted by Gasteiger charge is 2.03. The molecule has 0 aliphatic carbocycles. The maximum absolute atomic E-state index is 5.11. The molecule has 0 bridgehead atoms. The molecule has 88 valence electrons. The molecule has 1 aromatic heterocycles. The molecular formula is C12H14N4O. The summed E-state index contributed by atoms with van der Waals surface area (Å²) in [6.45, 7) is 0.608. The van der Waals surface area contributed by atoms with Crippen LogP contribution in [0.5, 0.6) is 5.75 Å². The average Bonchev–Trinajstić information content (AvgIpc) is 2.40. The number of aromatic nitrogens is 3. The van der Waals surface area contributed by atoms with Gasteiger partial charge >= 0.3 is 0 Å². The number of hydrogen-bond donors (Lipinski definition) is 1. The molecule has 0 amide bonds. The molecule has 0 atom stereocenters. The molecule has 1 aromatic carbocycles. The average molecular weight is 230 g/mol. The number of benzene rings is 1. The first-order chi connectivity index (χ1) is 8.33. The first-order valence-corrected chi connectivity index (χ1v) is 5.31. The Balaban J connectivity index is 2.28. The molecule has 0 aliphatic heterocycles. The van der Waals surface area contributed by atoms with E-state index < -0.39 is 0 Å². The van der Waals surface area contributed by atoms with E-state index in [4.69, 9.17) is 4.74 Å². The molecule has 0 aliphatic rings. The quantitative estimate of drug-likeness (QED) is 0.857. The second-order valence-corrected chi connectivity index (χ2v) is 3.52. The number of methoxy groups -OCH3 is 1. The Morgan fingerprint density at radius 1 is 1.24 bits per heavy atom. The van der Waals surface area contributed by atoms with Gasteiger partial charge in [-0.2, -0.15) is 5.10 Å². The molecule has 0 spiro atoms. The van der Waals surface area contributed by atoms with Crippen LogP contribution in [0.2, 0.25) is 0 Å². The monoisotopic (exact) mass is 230 g/mol. The van der Waals surface area contributed by atoms with Crippen molar-refractivity contribution in [2.75, 3.05) is 14.2 Å². The van der Waals surface area contributed by atoms with E-state index >= 15 is 0 Å². The van der Waals surface area contributed by atoms with E-state index in [9.17, 15) is 0 Å². The van der Waals surface area contributed by atoms with Crippen molar-refractivity contribution < 1.29 is 4.74 Å². The highest BCUT2D eigenvalue weighted by Crippen LogP contribution is 2.19. The van der Waals surface area contributed by atoms with E-state index in [0.29, 0.717) is 12.4 Å². The summed E-state index contributed by atoms with van der Waals surface area (Å²) in [6.07, 6.45) is 1.65. The predicted octanol–water partition coefficient (Wildman–Crippen LogP) is 1.27. The zero-order chi connectivity index (χ0) is 12.1. The molecule has 0 fully saturated rings. The largest absolute Gasteiger partial charge is 0.497 e. The van der Waals surface area contributed by atoms with Crippen LogP contribution in [-0.4, -0.2) is 29.3 Å². The smallest absolute Gasteiger partial charge is 0.165 e. The SMILES string of the molecule is CNCc1nncc(-c2ccc(OC)cc2)n1. The van der Waals surface area contributed by atoms with Crippen LogP contribution in [0.3, 0.4) is 0 Å². The topological polar surface area (TPSA) is 59.9 Å². The van der Waals surface area contributed by atoms with Gasteiger partial charge in [-0.15, -0.1) is 5.10 Å². The van der Waals surface area contributed by atoms with Gasteiger partial charge < -0.3 is 10.1 Å². The third-order valence-electron chi connectivity index (χ3n) is 2.32. The first-order valence-electron chi connectivity index (χ1n) is 5.31. The number of nitrogens with zero attached hydrogens (tertiary/aromatic N) is 3. The van der Waals surface area contributed by atoms with Crippen LogP contribution in [0.25, 0.3) is 11.3 Å². The Kier molecular flexibility index (Phi) is 3.62. The summed E-state index contributed by atoms with van der Waals surface area (Å²) in [5.74, 6) is 1.51. The van der Waals surface area contributed by atoms with Gasteiger partial charge in [-0.25, -0.2) is 4.98 Å². The highest BCUT2D eigenvalue weighted by molar-refractivity contribution is 5.58. The molecule has 1 heterocycles. The lowest BCUT2D eigenvalue weighted by atomic mass is 10.1. The van der Waals surface area contributed by atoms with Crippen LogP contribution in [0.15, 0.2) is 30.5 Å². The zero-order valence-corrected chi connectivity index (χ0v) is 9.84. The van der Waals surface area contributed by atoms with Gasteiger partial charge in [0.15, 0.2) is 5.82 Å². The molecule has 1 N–H and O–H groups in total. The molecule has 0 unspecified atom stereocenters. The third kappa shape index (κ3) is 2.76. The van der Waals surface area contributed by atoms with E-state index in [-0.39, 0.29) is 0 Å². The minimum atomic E-state index is 0.608. The molecular weight excluding hydrogens is 216 g/mol. The van der Waals surface area contributed by atoms with Gasteiger partial charge in [0.1, 0.15) is 5.75 Å². The van der Waals surface area contributed by atoms with Gasteiger partial charge in [0.2, 0.25) is 0 Å². The van der Waals surface area contributed by atoms with Gasteiger partial charge in [0.25, 0.3) is 0 Å². The summed E-state index contributed by atoms with van der Waals surface area (Å²) in [4.78, 5) is 4.41. The Hall–Kier alpha value is -2.01. The number of ether oxygens (including phenoxy) is 1.